The predicted molar refractivity (Wildman–Crippen MR) is 42.1 cm³/mol. The molecule has 0 aromatic heterocycles. The number of hydrogen-bond donors (Lipinski definition) is 0. The summed E-state index contributed by atoms with van der Waals surface area (Å²) in [4.78, 5) is 13.4. The van der Waals surface area contributed by atoms with Crippen LogP contribution >= 0.6 is 0 Å². The van der Waals surface area contributed by atoms with Crippen LogP contribution < -0.4 is 0 Å². The summed E-state index contributed by atoms with van der Waals surface area (Å²) in [5, 5.41) is 11.8. The van der Waals surface area contributed by atoms with Gasteiger partial charge in [0.2, 0.25) is 0 Å². The number of oxime groups is 1. The standard InChI is InChI=1S/C7H6N2O3/c10-9(11)12-8-6-7-4-2-1-3-5-7/h1-6H/b8-6-. The third kappa shape index (κ3) is 2.78. The average Bonchev–Trinajstić information content (AvgIpc) is 2.05. The van der Waals surface area contributed by atoms with Crippen molar-refractivity contribution in [3.8, 4) is 0 Å². The minimum Gasteiger partial charge on any atom is -0.218 e. The van der Waals surface area contributed by atoms with Crippen molar-refractivity contribution in [2.45, 2.75) is 0 Å². The van der Waals surface area contributed by atoms with E-state index in [-0.39, 0.29) is 0 Å². The topological polar surface area (TPSA) is 64.7 Å². The second kappa shape index (κ2) is 4.07. The molecule has 0 atom stereocenters. The van der Waals surface area contributed by atoms with Crippen LogP contribution in [0.3, 0.4) is 0 Å². The van der Waals surface area contributed by atoms with Crippen LogP contribution in [0.4, 0.5) is 0 Å². The monoisotopic (exact) mass is 166 g/mol. The van der Waals surface area contributed by atoms with E-state index >= 15 is 0 Å². The molecular weight excluding hydrogens is 160 g/mol. The van der Waals surface area contributed by atoms with E-state index in [1.807, 2.05) is 6.07 Å². The minimum atomic E-state index is -0.973. The van der Waals surface area contributed by atoms with Crippen molar-refractivity contribution in [2.75, 3.05) is 0 Å². The molecule has 5 nitrogen and oxygen atoms in total. The lowest BCUT2D eigenvalue weighted by Crippen LogP contribution is -1.93. The normalized spacial score (nSPS) is 10.0. The zero-order valence-electron chi connectivity index (χ0n) is 6.08. The average molecular weight is 166 g/mol. The molecule has 5 heteroatoms. The van der Waals surface area contributed by atoms with Gasteiger partial charge in [0.1, 0.15) is 0 Å². The van der Waals surface area contributed by atoms with Crippen molar-refractivity contribution >= 4 is 6.21 Å². The second-order valence-corrected chi connectivity index (χ2v) is 1.95. The summed E-state index contributed by atoms with van der Waals surface area (Å²) in [7, 11) is 0. The van der Waals surface area contributed by atoms with Gasteiger partial charge in [0, 0.05) is 5.56 Å². The first kappa shape index (κ1) is 8.19. The molecule has 0 amide bonds. The maximum atomic E-state index is 9.66. The fraction of sp³-hybridized carbons (Fsp3) is 0. The van der Waals surface area contributed by atoms with Gasteiger partial charge in [-0.05, 0) is 0 Å². The van der Waals surface area contributed by atoms with Crippen molar-refractivity contribution in [3.63, 3.8) is 0 Å². The molecule has 1 aromatic carbocycles. The molecule has 0 aliphatic heterocycles. The first-order valence-electron chi connectivity index (χ1n) is 3.19. The molecule has 0 aliphatic carbocycles. The van der Waals surface area contributed by atoms with E-state index < -0.39 is 5.09 Å². The molecule has 0 bridgehead atoms. The van der Waals surface area contributed by atoms with Gasteiger partial charge in [-0.1, -0.05) is 30.3 Å². The number of rotatable bonds is 3. The molecule has 0 radical (unpaired) electrons. The number of hydrogen-bond acceptors (Lipinski definition) is 4. The van der Waals surface area contributed by atoms with Gasteiger partial charge in [-0.15, -0.1) is 0 Å². The first-order valence-corrected chi connectivity index (χ1v) is 3.19. The lowest BCUT2D eigenvalue weighted by atomic mass is 10.2. The summed E-state index contributed by atoms with van der Waals surface area (Å²) in [6, 6.07) is 8.95. The van der Waals surface area contributed by atoms with Crippen molar-refractivity contribution in [2.24, 2.45) is 5.16 Å². The summed E-state index contributed by atoms with van der Waals surface area (Å²) in [5.74, 6) is 0. The van der Waals surface area contributed by atoms with Crippen LogP contribution in [0, 0.1) is 10.1 Å². The van der Waals surface area contributed by atoms with E-state index in [0.29, 0.717) is 0 Å². The van der Waals surface area contributed by atoms with E-state index in [2.05, 4.69) is 10.1 Å². The molecule has 0 spiro atoms. The largest absolute Gasteiger partial charge is 0.218 e. The van der Waals surface area contributed by atoms with Gasteiger partial charge in [0.05, 0.1) is 5.16 Å². The zero-order chi connectivity index (χ0) is 8.81. The van der Waals surface area contributed by atoms with E-state index in [9.17, 15) is 10.1 Å². The lowest BCUT2D eigenvalue weighted by Gasteiger charge is -1.86. The summed E-state index contributed by atoms with van der Waals surface area (Å²) < 4.78 is 0. The smallest absolute Gasteiger partial charge is 0.178 e. The Kier molecular flexibility index (Phi) is 2.78. The fourth-order valence-corrected chi connectivity index (χ4v) is 0.662. The maximum Gasteiger partial charge on any atom is 0.178 e. The van der Waals surface area contributed by atoms with Crippen LogP contribution in [0.2, 0.25) is 0 Å². The Morgan fingerprint density at radius 2 is 2.08 bits per heavy atom. The van der Waals surface area contributed by atoms with Crippen molar-refractivity contribution < 1.29 is 10.0 Å². The fourth-order valence-electron chi connectivity index (χ4n) is 0.662. The molecule has 1 rings (SSSR count). The highest BCUT2D eigenvalue weighted by molar-refractivity contribution is 5.78. The van der Waals surface area contributed by atoms with Gasteiger partial charge in [-0.3, -0.25) is 0 Å². The Balaban J connectivity index is 2.52. The number of benzene rings is 1. The summed E-state index contributed by atoms with van der Waals surface area (Å²) in [6.07, 6.45) is 1.27. The molecule has 0 heterocycles. The lowest BCUT2D eigenvalue weighted by molar-refractivity contribution is -0.759. The SMILES string of the molecule is O=[N+]([O-])O/N=C\c1ccccc1. The Morgan fingerprint density at radius 3 is 2.67 bits per heavy atom. The minimum absolute atomic E-state index is 0.749. The van der Waals surface area contributed by atoms with Gasteiger partial charge >= 0.3 is 0 Å². The molecule has 0 saturated heterocycles. The van der Waals surface area contributed by atoms with Gasteiger partial charge in [0.15, 0.2) is 11.3 Å². The van der Waals surface area contributed by atoms with Crippen LogP contribution in [0.25, 0.3) is 0 Å². The van der Waals surface area contributed by atoms with Crippen LogP contribution in [-0.2, 0) is 4.94 Å². The van der Waals surface area contributed by atoms with E-state index in [0.717, 1.165) is 5.56 Å². The third-order valence-electron chi connectivity index (χ3n) is 1.12. The zero-order valence-corrected chi connectivity index (χ0v) is 6.08. The molecular formula is C7H6N2O3. The predicted octanol–water partition coefficient (Wildman–Crippen LogP) is 1.23. The van der Waals surface area contributed by atoms with Gasteiger partial charge in [0.25, 0.3) is 0 Å². The van der Waals surface area contributed by atoms with Crippen molar-refractivity contribution in [1.82, 2.24) is 0 Å². The molecule has 12 heavy (non-hydrogen) atoms. The van der Waals surface area contributed by atoms with Crippen LogP contribution in [0.1, 0.15) is 5.56 Å². The van der Waals surface area contributed by atoms with Gasteiger partial charge in [-0.2, -0.15) is 4.94 Å². The van der Waals surface area contributed by atoms with Crippen molar-refractivity contribution in [1.29, 1.82) is 0 Å². The van der Waals surface area contributed by atoms with Crippen LogP contribution in [0.15, 0.2) is 35.5 Å². The molecule has 0 N–H and O–H groups in total. The number of nitrogens with zero attached hydrogens (tertiary/aromatic N) is 2. The molecule has 0 saturated carbocycles. The highest BCUT2D eigenvalue weighted by Gasteiger charge is 1.89. The summed E-state index contributed by atoms with van der Waals surface area (Å²) >= 11 is 0. The van der Waals surface area contributed by atoms with Crippen molar-refractivity contribution in [3.05, 3.63) is 46.0 Å². The Labute approximate surface area is 68.4 Å². The second-order valence-electron chi connectivity index (χ2n) is 1.95. The summed E-state index contributed by atoms with van der Waals surface area (Å²) in [6.45, 7) is 0. The van der Waals surface area contributed by atoms with Gasteiger partial charge in [-0.25, -0.2) is 10.1 Å². The Hall–Kier alpha value is -1.91. The van der Waals surface area contributed by atoms with Gasteiger partial charge < -0.3 is 0 Å². The highest BCUT2D eigenvalue weighted by atomic mass is 17.0. The molecule has 62 valence electrons. The molecule has 1 aromatic rings. The van der Waals surface area contributed by atoms with E-state index in [1.165, 1.54) is 6.21 Å². The third-order valence-corrected chi connectivity index (χ3v) is 1.12. The van der Waals surface area contributed by atoms with Crippen LogP contribution in [0.5, 0.6) is 0 Å². The summed E-state index contributed by atoms with van der Waals surface area (Å²) in [5.41, 5.74) is 0.749. The first-order chi connectivity index (χ1) is 5.79. The van der Waals surface area contributed by atoms with Crippen LogP contribution in [-0.4, -0.2) is 11.3 Å². The molecule has 0 fully saturated rings. The van der Waals surface area contributed by atoms with E-state index in [4.69, 9.17) is 0 Å². The molecule has 0 unspecified atom stereocenters. The van der Waals surface area contributed by atoms with E-state index in [1.54, 1.807) is 24.3 Å². The quantitative estimate of drug-likeness (QED) is 0.385. The Morgan fingerprint density at radius 1 is 1.42 bits per heavy atom. The molecule has 0 aliphatic rings. The Bertz CT molecular complexity index is 284. The maximum absolute atomic E-state index is 9.66. The highest BCUT2D eigenvalue weighted by Crippen LogP contribution is 1.93.